The van der Waals surface area contributed by atoms with Crippen LogP contribution >= 0.6 is 0 Å². The molecular formula is C27H54O5. The summed E-state index contributed by atoms with van der Waals surface area (Å²) in [5, 5.41) is 26.5. The van der Waals surface area contributed by atoms with Crippen molar-refractivity contribution in [2.45, 2.75) is 147 Å². The maximum Gasteiger partial charge on any atom is 0.305 e. The Labute approximate surface area is 198 Å². The number of unbranched alkanes of at least 4 members (excludes halogenated alkanes) is 20. The van der Waals surface area contributed by atoms with Crippen LogP contribution in [0, 0.1) is 0 Å². The lowest BCUT2D eigenvalue weighted by Gasteiger charge is -2.08. The molecule has 0 radical (unpaired) electrons. The summed E-state index contributed by atoms with van der Waals surface area (Å²) in [5.74, 6) is -0.279. The topological polar surface area (TPSA) is 87.0 Å². The predicted octanol–water partition coefficient (Wildman–Crippen LogP) is 6.46. The molecule has 0 saturated carbocycles. The summed E-state index contributed by atoms with van der Waals surface area (Å²) >= 11 is 0. The van der Waals surface area contributed by atoms with Crippen molar-refractivity contribution in [1.82, 2.24) is 0 Å². The molecule has 0 aromatic carbocycles. The largest absolute Gasteiger partial charge is 0.463 e. The zero-order valence-corrected chi connectivity index (χ0v) is 20.9. The normalized spacial score (nSPS) is 12.2. The standard InChI is InChI=1S/C27H54O5/c28-23-21-19-17-15-13-11-9-7-5-3-1-2-4-6-8-10-12-14-16-18-20-22-27(31)32-25-26(30)24-29/h26,28-30H,1-25H2/t26-/m1/s1. The lowest BCUT2D eigenvalue weighted by molar-refractivity contribution is -0.147. The van der Waals surface area contributed by atoms with Gasteiger partial charge in [-0.05, 0) is 12.8 Å². The Balaban J connectivity index is 3.10. The van der Waals surface area contributed by atoms with E-state index in [2.05, 4.69) is 0 Å². The highest BCUT2D eigenvalue weighted by molar-refractivity contribution is 5.69. The van der Waals surface area contributed by atoms with E-state index in [1.54, 1.807) is 0 Å². The quantitative estimate of drug-likeness (QED) is 0.102. The van der Waals surface area contributed by atoms with Crippen LogP contribution in [0.3, 0.4) is 0 Å². The molecule has 3 N–H and O–H groups in total. The molecule has 0 bridgehead atoms. The Morgan fingerprint density at radius 3 is 1.16 bits per heavy atom. The van der Waals surface area contributed by atoms with Crippen LogP contribution < -0.4 is 0 Å². The van der Waals surface area contributed by atoms with E-state index in [-0.39, 0.29) is 19.2 Å². The van der Waals surface area contributed by atoms with E-state index in [1.165, 1.54) is 116 Å². The molecule has 0 aliphatic heterocycles. The number of carbonyl (C=O) groups excluding carboxylic acids is 1. The van der Waals surface area contributed by atoms with E-state index in [4.69, 9.17) is 20.1 Å². The first-order valence-electron chi connectivity index (χ1n) is 13.8. The van der Waals surface area contributed by atoms with Crippen LogP contribution in [0.2, 0.25) is 0 Å². The fraction of sp³-hybridized carbons (Fsp3) is 0.963. The molecule has 5 heteroatoms. The summed E-state index contributed by atoms with van der Waals surface area (Å²) in [6.07, 6.45) is 26.5. The molecule has 5 nitrogen and oxygen atoms in total. The van der Waals surface area contributed by atoms with E-state index in [0.717, 1.165) is 19.3 Å². The minimum atomic E-state index is -0.960. The van der Waals surface area contributed by atoms with Gasteiger partial charge in [0.25, 0.3) is 0 Å². The Bertz CT molecular complexity index is 375. The van der Waals surface area contributed by atoms with E-state index < -0.39 is 6.10 Å². The molecule has 0 fully saturated rings. The smallest absolute Gasteiger partial charge is 0.305 e. The van der Waals surface area contributed by atoms with Crippen LogP contribution in [0.4, 0.5) is 0 Å². The molecule has 0 amide bonds. The van der Waals surface area contributed by atoms with Gasteiger partial charge >= 0.3 is 5.97 Å². The number of carbonyl (C=O) groups is 1. The van der Waals surface area contributed by atoms with Gasteiger partial charge in [-0.2, -0.15) is 0 Å². The number of hydrogen-bond donors (Lipinski definition) is 3. The third kappa shape index (κ3) is 25.6. The first-order valence-corrected chi connectivity index (χ1v) is 13.8. The maximum absolute atomic E-state index is 11.5. The molecule has 192 valence electrons. The van der Waals surface area contributed by atoms with Crippen molar-refractivity contribution in [1.29, 1.82) is 0 Å². The summed E-state index contributed by atoms with van der Waals surface area (Å²) in [5.41, 5.74) is 0. The molecule has 32 heavy (non-hydrogen) atoms. The second-order valence-electron chi connectivity index (χ2n) is 9.42. The fourth-order valence-corrected chi connectivity index (χ4v) is 4.05. The Kier molecular flexibility index (Phi) is 26.1. The monoisotopic (exact) mass is 458 g/mol. The van der Waals surface area contributed by atoms with Crippen LogP contribution in [0.15, 0.2) is 0 Å². The summed E-state index contributed by atoms with van der Waals surface area (Å²) in [6.45, 7) is -0.129. The van der Waals surface area contributed by atoms with Crippen molar-refractivity contribution in [3.63, 3.8) is 0 Å². The Morgan fingerprint density at radius 1 is 0.531 bits per heavy atom. The maximum atomic E-state index is 11.5. The lowest BCUT2D eigenvalue weighted by Crippen LogP contribution is -2.21. The second kappa shape index (κ2) is 26.6. The summed E-state index contributed by atoms with van der Waals surface area (Å²) < 4.78 is 4.89. The van der Waals surface area contributed by atoms with Gasteiger partial charge in [-0.25, -0.2) is 0 Å². The number of aliphatic hydroxyl groups excluding tert-OH is 3. The van der Waals surface area contributed by atoms with Crippen molar-refractivity contribution >= 4 is 5.97 Å². The molecule has 0 saturated heterocycles. The predicted molar refractivity (Wildman–Crippen MR) is 133 cm³/mol. The van der Waals surface area contributed by atoms with Gasteiger partial charge in [0.05, 0.1) is 6.61 Å². The minimum Gasteiger partial charge on any atom is -0.463 e. The zero-order chi connectivity index (χ0) is 23.5. The molecule has 0 aliphatic carbocycles. The molecule has 0 aromatic rings. The van der Waals surface area contributed by atoms with Crippen LogP contribution in [-0.2, 0) is 9.53 Å². The van der Waals surface area contributed by atoms with E-state index >= 15 is 0 Å². The van der Waals surface area contributed by atoms with E-state index in [1.807, 2.05) is 0 Å². The van der Waals surface area contributed by atoms with Gasteiger partial charge in [-0.1, -0.05) is 122 Å². The van der Waals surface area contributed by atoms with Crippen LogP contribution in [-0.4, -0.2) is 47.2 Å². The van der Waals surface area contributed by atoms with Gasteiger partial charge in [0.2, 0.25) is 0 Å². The number of rotatable bonds is 26. The van der Waals surface area contributed by atoms with Gasteiger partial charge in [0, 0.05) is 13.0 Å². The third-order valence-corrected chi connectivity index (χ3v) is 6.19. The first-order chi connectivity index (χ1) is 15.7. The van der Waals surface area contributed by atoms with Crippen molar-refractivity contribution in [2.24, 2.45) is 0 Å². The van der Waals surface area contributed by atoms with Crippen molar-refractivity contribution in [2.75, 3.05) is 19.8 Å². The summed E-state index contributed by atoms with van der Waals surface area (Å²) in [6, 6.07) is 0. The average Bonchev–Trinajstić information content (AvgIpc) is 2.80. The van der Waals surface area contributed by atoms with Crippen molar-refractivity contribution in [3.05, 3.63) is 0 Å². The third-order valence-electron chi connectivity index (χ3n) is 6.19. The number of ether oxygens (including phenoxy) is 1. The molecule has 0 heterocycles. The Hall–Kier alpha value is -0.650. The molecule has 0 rings (SSSR count). The van der Waals surface area contributed by atoms with Gasteiger partial charge in [-0.3, -0.25) is 4.79 Å². The van der Waals surface area contributed by atoms with Crippen molar-refractivity contribution < 1.29 is 24.9 Å². The molecule has 0 unspecified atom stereocenters. The second-order valence-corrected chi connectivity index (χ2v) is 9.42. The van der Waals surface area contributed by atoms with Crippen LogP contribution in [0.25, 0.3) is 0 Å². The van der Waals surface area contributed by atoms with Gasteiger partial charge < -0.3 is 20.1 Å². The van der Waals surface area contributed by atoms with Gasteiger partial charge in [0.15, 0.2) is 0 Å². The molecular weight excluding hydrogens is 404 g/mol. The highest BCUT2D eigenvalue weighted by atomic mass is 16.5. The van der Waals surface area contributed by atoms with E-state index in [0.29, 0.717) is 13.0 Å². The van der Waals surface area contributed by atoms with Crippen LogP contribution in [0.1, 0.15) is 141 Å². The highest BCUT2D eigenvalue weighted by Gasteiger charge is 2.07. The molecule has 0 spiro atoms. The number of hydrogen-bond acceptors (Lipinski definition) is 5. The number of esters is 1. The minimum absolute atomic E-state index is 0.108. The van der Waals surface area contributed by atoms with Gasteiger partial charge in [-0.15, -0.1) is 0 Å². The zero-order valence-electron chi connectivity index (χ0n) is 20.9. The highest BCUT2D eigenvalue weighted by Crippen LogP contribution is 2.15. The fourth-order valence-electron chi connectivity index (χ4n) is 4.05. The molecule has 1 atom stereocenters. The van der Waals surface area contributed by atoms with Crippen LogP contribution in [0.5, 0.6) is 0 Å². The van der Waals surface area contributed by atoms with E-state index in [9.17, 15) is 4.79 Å². The molecule has 0 aromatic heterocycles. The lowest BCUT2D eigenvalue weighted by atomic mass is 10.0. The number of aliphatic hydroxyl groups is 3. The molecule has 0 aliphatic rings. The van der Waals surface area contributed by atoms with Crippen molar-refractivity contribution in [3.8, 4) is 0 Å². The summed E-state index contributed by atoms with van der Waals surface area (Å²) in [4.78, 5) is 11.5. The Morgan fingerprint density at radius 2 is 0.844 bits per heavy atom. The SMILES string of the molecule is O=C(CCCCCCCCCCCCCCCCCCCCCCCO)OC[C@H](O)CO. The average molecular weight is 459 g/mol. The van der Waals surface area contributed by atoms with Gasteiger partial charge in [0.1, 0.15) is 12.7 Å². The summed E-state index contributed by atoms with van der Waals surface area (Å²) in [7, 11) is 0. The first kappa shape index (κ1) is 31.4.